The quantitative estimate of drug-likeness (QED) is 0.359. The lowest BCUT2D eigenvalue weighted by atomic mass is 10.2. The largest absolute Gasteiger partial charge is 0.341 e. The van der Waals surface area contributed by atoms with E-state index in [1.807, 2.05) is 35.8 Å². The number of H-pyrrole nitrogens is 2. The van der Waals surface area contributed by atoms with Crippen molar-refractivity contribution in [1.29, 1.82) is 0 Å². The SMILES string of the molecule is CC(Sc1nnc(N2CCCC2)n1-c1ccccc1Cl)C(=O)Nc1ccc2[nH]c(=O)[nH]c2c1. The van der Waals surface area contributed by atoms with Gasteiger partial charge < -0.3 is 20.2 Å². The second-order valence-electron chi connectivity index (χ2n) is 7.85. The lowest BCUT2D eigenvalue weighted by Crippen LogP contribution is -2.24. The van der Waals surface area contributed by atoms with E-state index < -0.39 is 5.25 Å². The van der Waals surface area contributed by atoms with E-state index in [0.29, 0.717) is 26.9 Å². The molecule has 0 radical (unpaired) electrons. The van der Waals surface area contributed by atoms with Crippen LogP contribution in [0.15, 0.2) is 52.4 Å². The molecule has 1 unspecified atom stereocenters. The van der Waals surface area contributed by atoms with Crippen LogP contribution in [0.3, 0.4) is 0 Å². The summed E-state index contributed by atoms with van der Waals surface area (Å²) in [5.41, 5.74) is 2.41. The third-order valence-corrected chi connectivity index (χ3v) is 6.90. The second kappa shape index (κ2) is 8.95. The van der Waals surface area contributed by atoms with Gasteiger partial charge in [-0.05, 0) is 50.1 Å². The maximum atomic E-state index is 12.9. The van der Waals surface area contributed by atoms with Gasteiger partial charge in [0.05, 0.1) is 27.0 Å². The van der Waals surface area contributed by atoms with Crippen molar-refractivity contribution in [2.24, 2.45) is 0 Å². The van der Waals surface area contributed by atoms with Crippen LogP contribution in [0.4, 0.5) is 11.6 Å². The Hall–Kier alpha value is -3.24. The number of aromatic nitrogens is 5. The van der Waals surface area contributed by atoms with Gasteiger partial charge in [-0.25, -0.2) is 4.79 Å². The molecule has 5 rings (SSSR count). The van der Waals surface area contributed by atoms with Crippen molar-refractivity contribution in [3.63, 3.8) is 0 Å². The van der Waals surface area contributed by atoms with Crippen molar-refractivity contribution in [1.82, 2.24) is 24.7 Å². The standard InChI is InChI=1S/C22H22ClN7O2S/c1-13(19(31)24-14-8-9-16-17(12-14)26-20(32)25-16)33-22-28-27-21(29-10-4-5-11-29)30(22)18-7-3-2-6-15(18)23/h2-3,6-9,12-13H,4-5,10-11H2,1H3,(H,24,31)(H2,25,26,32). The Bertz CT molecular complexity index is 1370. The Balaban J connectivity index is 1.40. The minimum atomic E-state index is -0.456. The molecule has 170 valence electrons. The topological polar surface area (TPSA) is 112 Å². The van der Waals surface area contributed by atoms with Gasteiger partial charge in [0.15, 0.2) is 5.16 Å². The minimum Gasteiger partial charge on any atom is -0.341 e. The molecule has 1 amide bonds. The van der Waals surface area contributed by atoms with Crippen LogP contribution in [-0.2, 0) is 4.79 Å². The molecule has 11 heteroatoms. The average Bonchev–Trinajstić information content (AvgIpc) is 3.53. The van der Waals surface area contributed by atoms with Gasteiger partial charge in [0.1, 0.15) is 0 Å². The highest BCUT2D eigenvalue weighted by atomic mass is 35.5. The zero-order valence-corrected chi connectivity index (χ0v) is 19.4. The summed E-state index contributed by atoms with van der Waals surface area (Å²) in [5.74, 6) is 0.547. The van der Waals surface area contributed by atoms with Gasteiger partial charge in [0.25, 0.3) is 0 Å². The number of hydrogen-bond donors (Lipinski definition) is 3. The highest BCUT2D eigenvalue weighted by Crippen LogP contribution is 2.33. The van der Waals surface area contributed by atoms with E-state index in [9.17, 15) is 9.59 Å². The molecule has 33 heavy (non-hydrogen) atoms. The van der Waals surface area contributed by atoms with Crippen LogP contribution in [0, 0.1) is 0 Å². The van der Waals surface area contributed by atoms with Crippen LogP contribution in [0.2, 0.25) is 5.02 Å². The van der Waals surface area contributed by atoms with Crippen molar-refractivity contribution in [3.8, 4) is 5.69 Å². The van der Waals surface area contributed by atoms with Crippen molar-refractivity contribution in [2.75, 3.05) is 23.3 Å². The summed E-state index contributed by atoms with van der Waals surface area (Å²) in [7, 11) is 0. The van der Waals surface area contributed by atoms with E-state index in [4.69, 9.17) is 11.6 Å². The Morgan fingerprint density at radius 1 is 1.12 bits per heavy atom. The number of nitrogens with one attached hydrogen (secondary N) is 3. The zero-order chi connectivity index (χ0) is 22.9. The number of rotatable bonds is 6. The Kier molecular flexibility index (Phi) is 5.86. The zero-order valence-electron chi connectivity index (χ0n) is 17.8. The summed E-state index contributed by atoms with van der Waals surface area (Å²) < 4.78 is 1.93. The van der Waals surface area contributed by atoms with E-state index >= 15 is 0 Å². The fraction of sp³-hybridized carbons (Fsp3) is 0.273. The first kappa shape index (κ1) is 21.6. The summed E-state index contributed by atoms with van der Waals surface area (Å²) in [6.07, 6.45) is 2.21. The average molecular weight is 484 g/mol. The molecule has 3 heterocycles. The summed E-state index contributed by atoms with van der Waals surface area (Å²) in [4.78, 5) is 32.0. The predicted octanol–water partition coefficient (Wildman–Crippen LogP) is 3.81. The molecule has 3 N–H and O–H groups in total. The number of carbonyl (C=O) groups is 1. The Morgan fingerprint density at radius 2 is 1.88 bits per heavy atom. The molecule has 9 nitrogen and oxygen atoms in total. The summed E-state index contributed by atoms with van der Waals surface area (Å²) in [6, 6.07) is 12.8. The highest BCUT2D eigenvalue weighted by Gasteiger charge is 2.26. The lowest BCUT2D eigenvalue weighted by Gasteiger charge is -2.19. The first-order valence-electron chi connectivity index (χ1n) is 10.6. The molecule has 2 aromatic carbocycles. The summed E-state index contributed by atoms with van der Waals surface area (Å²) in [5, 5.41) is 12.5. The number of fused-ring (bicyclic) bond motifs is 1. The molecule has 1 fully saturated rings. The normalized spacial score (nSPS) is 14.7. The third-order valence-electron chi connectivity index (χ3n) is 5.53. The molecule has 2 aromatic heterocycles. The van der Waals surface area contributed by atoms with Crippen LogP contribution in [0.1, 0.15) is 19.8 Å². The first-order chi connectivity index (χ1) is 16.0. The van der Waals surface area contributed by atoms with E-state index in [2.05, 4.69) is 30.4 Å². The molecule has 0 bridgehead atoms. The van der Waals surface area contributed by atoms with Crippen molar-refractivity contribution in [3.05, 3.63) is 58.0 Å². The van der Waals surface area contributed by atoms with Crippen molar-refractivity contribution < 1.29 is 4.79 Å². The van der Waals surface area contributed by atoms with Gasteiger partial charge in [-0.2, -0.15) is 0 Å². The molecule has 0 spiro atoms. The molecule has 1 aliphatic rings. The van der Waals surface area contributed by atoms with Gasteiger partial charge in [0.2, 0.25) is 11.9 Å². The van der Waals surface area contributed by atoms with Gasteiger partial charge >= 0.3 is 5.69 Å². The number of anilines is 2. The Morgan fingerprint density at radius 3 is 2.67 bits per heavy atom. The number of aromatic amines is 2. The van der Waals surface area contributed by atoms with E-state index in [1.54, 1.807) is 18.2 Å². The number of carbonyl (C=O) groups excluding carboxylic acids is 1. The monoisotopic (exact) mass is 483 g/mol. The van der Waals surface area contributed by atoms with E-state index in [0.717, 1.165) is 37.6 Å². The van der Waals surface area contributed by atoms with Crippen molar-refractivity contribution in [2.45, 2.75) is 30.2 Å². The first-order valence-corrected chi connectivity index (χ1v) is 11.9. The number of imidazole rings is 1. The summed E-state index contributed by atoms with van der Waals surface area (Å²) in [6.45, 7) is 3.64. The fourth-order valence-electron chi connectivity index (χ4n) is 3.87. The molecular formula is C22H22ClN7O2S. The van der Waals surface area contributed by atoms with E-state index in [1.165, 1.54) is 11.8 Å². The van der Waals surface area contributed by atoms with Gasteiger partial charge in [-0.1, -0.05) is 35.5 Å². The molecule has 4 aromatic rings. The highest BCUT2D eigenvalue weighted by molar-refractivity contribution is 8.00. The minimum absolute atomic E-state index is 0.186. The third kappa shape index (κ3) is 4.36. The van der Waals surface area contributed by atoms with Crippen LogP contribution in [0.25, 0.3) is 16.7 Å². The van der Waals surface area contributed by atoms with Gasteiger partial charge in [0, 0.05) is 18.8 Å². The van der Waals surface area contributed by atoms with Crippen LogP contribution < -0.4 is 15.9 Å². The fourth-order valence-corrected chi connectivity index (χ4v) is 4.95. The van der Waals surface area contributed by atoms with Gasteiger partial charge in [-0.15, -0.1) is 10.2 Å². The van der Waals surface area contributed by atoms with Crippen LogP contribution in [-0.4, -0.2) is 49.0 Å². The molecule has 1 aliphatic heterocycles. The summed E-state index contributed by atoms with van der Waals surface area (Å²) >= 11 is 7.83. The lowest BCUT2D eigenvalue weighted by molar-refractivity contribution is -0.115. The van der Waals surface area contributed by atoms with Gasteiger partial charge in [-0.3, -0.25) is 9.36 Å². The number of para-hydroxylation sites is 1. The molecule has 1 atom stereocenters. The molecule has 0 aliphatic carbocycles. The maximum absolute atomic E-state index is 12.9. The maximum Gasteiger partial charge on any atom is 0.323 e. The number of benzene rings is 2. The van der Waals surface area contributed by atoms with Crippen LogP contribution in [0.5, 0.6) is 0 Å². The number of nitrogens with zero attached hydrogens (tertiary/aromatic N) is 4. The molecule has 0 saturated carbocycles. The molecule has 1 saturated heterocycles. The molecular weight excluding hydrogens is 462 g/mol. The van der Waals surface area contributed by atoms with Crippen molar-refractivity contribution >= 4 is 51.9 Å². The second-order valence-corrected chi connectivity index (χ2v) is 9.57. The van der Waals surface area contributed by atoms with E-state index in [-0.39, 0.29) is 11.6 Å². The predicted molar refractivity (Wildman–Crippen MR) is 131 cm³/mol. The Labute approximate surface area is 198 Å². The number of amides is 1. The number of halogens is 1. The smallest absolute Gasteiger partial charge is 0.323 e. The van der Waals surface area contributed by atoms with Crippen LogP contribution >= 0.6 is 23.4 Å². The number of thioether (sulfide) groups is 1. The number of hydrogen-bond acceptors (Lipinski definition) is 6.